The summed E-state index contributed by atoms with van der Waals surface area (Å²) in [6.07, 6.45) is 0. The van der Waals surface area contributed by atoms with Gasteiger partial charge in [0.1, 0.15) is 5.75 Å². The zero-order valence-corrected chi connectivity index (χ0v) is 8.23. The lowest BCUT2D eigenvalue weighted by atomic mass is 10.3. The fourth-order valence-corrected chi connectivity index (χ4v) is 1.31. The Labute approximate surface area is 85.9 Å². The smallest absolute Gasteiger partial charge is 0.136 e. The van der Waals surface area contributed by atoms with Crippen molar-refractivity contribution < 1.29 is 10.2 Å². The van der Waals surface area contributed by atoms with Crippen molar-refractivity contribution in [1.82, 2.24) is 0 Å². The molecule has 72 valence electrons. The molecule has 0 saturated carbocycles. The number of hydrogen-bond acceptors (Lipinski definition) is 3. The van der Waals surface area contributed by atoms with E-state index in [1.807, 2.05) is 0 Å². The summed E-state index contributed by atoms with van der Waals surface area (Å²) in [7, 11) is 0. The summed E-state index contributed by atoms with van der Waals surface area (Å²) in [5, 5.41) is 21.2. The van der Waals surface area contributed by atoms with E-state index in [4.69, 9.17) is 28.3 Å². The van der Waals surface area contributed by atoms with Gasteiger partial charge in [-0.2, -0.15) is 0 Å². The highest BCUT2D eigenvalue weighted by Gasteiger charge is 2.05. The summed E-state index contributed by atoms with van der Waals surface area (Å²) in [5.41, 5.74) is 0.553. The van der Waals surface area contributed by atoms with Crippen LogP contribution in [0.2, 0.25) is 10.0 Å². The van der Waals surface area contributed by atoms with Gasteiger partial charge in [0.05, 0.1) is 22.3 Å². The number of benzene rings is 1. The van der Waals surface area contributed by atoms with Crippen LogP contribution in [0.1, 0.15) is 0 Å². The van der Waals surface area contributed by atoms with Crippen LogP contribution in [0, 0.1) is 0 Å². The summed E-state index contributed by atoms with van der Waals surface area (Å²) >= 11 is 11.4. The monoisotopic (exact) mass is 221 g/mol. The number of halogens is 2. The van der Waals surface area contributed by atoms with Gasteiger partial charge < -0.3 is 15.5 Å². The minimum absolute atomic E-state index is 0.000281. The maximum atomic E-state index is 9.23. The summed E-state index contributed by atoms with van der Waals surface area (Å²) in [6, 6.07) is 2.86. The summed E-state index contributed by atoms with van der Waals surface area (Å²) < 4.78 is 0. The summed E-state index contributed by atoms with van der Waals surface area (Å²) in [6.45, 7) is 0.376. The average Bonchev–Trinajstić information content (AvgIpc) is 2.09. The third-order valence-electron chi connectivity index (χ3n) is 1.46. The molecule has 0 unspecified atom stereocenters. The van der Waals surface area contributed by atoms with Crippen molar-refractivity contribution in [3.63, 3.8) is 0 Å². The van der Waals surface area contributed by atoms with Crippen molar-refractivity contribution in [3.05, 3.63) is 22.2 Å². The molecule has 0 fully saturated rings. The molecule has 0 radical (unpaired) electrons. The first-order valence-corrected chi connectivity index (χ1v) is 4.43. The minimum atomic E-state index is -0.0356. The molecular formula is C8H9Cl2NO2. The van der Waals surface area contributed by atoms with Gasteiger partial charge in [0.25, 0.3) is 0 Å². The first kappa shape index (κ1) is 10.4. The largest absolute Gasteiger partial charge is 0.506 e. The lowest BCUT2D eigenvalue weighted by Gasteiger charge is -2.07. The number of hydrogen-bond donors (Lipinski definition) is 3. The van der Waals surface area contributed by atoms with E-state index in [0.717, 1.165) is 0 Å². The molecule has 0 bridgehead atoms. The number of nitrogens with one attached hydrogen (secondary N) is 1. The van der Waals surface area contributed by atoms with Crippen LogP contribution in [0.25, 0.3) is 0 Å². The molecule has 0 heterocycles. The fourth-order valence-electron chi connectivity index (χ4n) is 0.864. The van der Waals surface area contributed by atoms with Gasteiger partial charge in [-0.05, 0) is 6.07 Å². The van der Waals surface area contributed by atoms with E-state index in [0.29, 0.717) is 17.3 Å². The maximum absolute atomic E-state index is 9.23. The van der Waals surface area contributed by atoms with Crippen LogP contribution >= 0.6 is 23.2 Å². The first-order valence-electron chi connectivity index (χ1n) is 3.68. The minimum Gasteiger partial charge on any atom is -0.506 e. The van der Waals surface area contributed by atoms with Crippen LogP contribution in [0.5, 0.6) is 5.75 Å². The Morgan fingerprint density at radius 2 is 1.92 bits per heavy atom. The average molecular weight is 222 g/mol. The molecule has 0 atom stereocenters. The predicted octanol–water partition coefficient (Wildman–Crippen LogP) is 2.10. The highest BCUT2D eigenvalue weighted by Crippen LogP contribution is 2.32. The van der Waals surface area contributed by atoms with Gasteiger partial charge in [0.15, 0.2) is 0 Å². The van der Waals surface area contributed by atoms with Gasteiger partial charge in [0.2, 0.25) is 0 Å². The summed E-state index contributed by atoms with van der Waals surface area (Å²) in [5.74, 6) is -0.0356. The summed E-state index contributed by atoms with van der Waals surface area (Å²) in [4.78, 5) is 0. The van der Waals surface area contributed by atoms with Gasteiger partial charge in [-0.25, -0.2) is 0 Å². The lowest BCUT2D eigenvalue weighted by molar-refractivity contribution is 0.311. The third-order valence-corrected chi connectivity index (χ3v) is 2.08. The second kappa shape index (κ2) is 4.56. The molecular weight excluding hydrogens is 213 g/mol. The number of aromatic hydroxyl groups is 1. The second-order valence-electron chi connectivity index (χ2n) is 2.43. The fraction of sp³-hybridized carbons (Fsp3) is 0.250. The van der Waals surface area contributed by atoms with E-state index >= 15 is 0 Å². The highest BCUT2D eigenvalue weighted by molar-refractivity contribution is 6.37. The van der Waals surface area contributed by atoms with Gasteiger partial charge in [0, 0.05) is 12.6 Å². The van der Waals surface area contributed by atoms with Gasteiger partial charge in [-0.1, -0.05) is 23.2 Å². The van der Waals surface area contributed by atoms with Crippen molar-refractivity contribution in [2.45, 2.75) is 0 Å². The Kier molecular flexibility index (Phi) is 3.66. The van der Waals surface area contributed by atoms with Crippen molar-refractivity contribution in [2.75, 3.05) is 18.5 Å². The number of phenolic OH excluding ortho intramolecular Hbond substituents is 1. The van der Waals surface area contributed by atoms with Crippen LogP contribution in [0.3, 0.4) is 0 Å². The van der Waals surface area contributed by atoms with E-state index < -0.39 is 0 Å². The molecule has 0 aromatic heterocycles. The molecule has 1 aromatic rings. The quantitative estimate of drug-likeness (QED) is 0.733. The van der Waals surface area contributed by atoms with Crippen LogP contribution in [0.15, 0.2) is 12.1 Å². The molecule has 0 aliphatic heterocycles. The Morgan fingerprint density at radius 3 is 2.54 bits per heavy atom. The SMILES string of the molecule is OCCNc1cc(O)c(Cl)cc1Cl. The molecule has 1 rings (SSSR count). The van der Waals surface area contributed by atoms with E-state index in [9.17, 15) is 5.11 Å². The Hall–Kier alpha value is -0.640. The zero-order valence-electron chi connectivity index (χ0n) is 6.72. The Bertz CT molecular complexity index is 304. The molecule has 5 heteroatoms. The van der Waals surface area contributed by atoms with E-state index in [2.05, 4.69) is 5.32 Å². The van der Waals surface area contributed by atoms with Gasteiger partial charge in [-0.15, -0.1) is 0 Å². The molecule has 0 amide bonds. The molecule has 3 nitrogen and oxygen atoms in total. The van der Waals surface area contributed by atoms with Crippen LogP contribution in [-0.2, 0) is 0 Å². The number of phenols is 1. The van der Waals surface area contributed by atoms with E-state index in [1.165, 1.54) is 12.1 Å². The standard InChI is InChI=1S/C8H9Cl2NO2/c9-5-3-6(10)8(13)4-7(5)11-1-2-12/h3-4,11-13H,1-2H2. The van der Waals surface area contributed by atoms with Crippen LogP contribution < -0.4 is 5.32 Å². The number of rotatable bonds is 3. The number of aliphatic hydroxyl groups is 1. The molecule has 13 heavy (non-hydrogen) atoms. The topological polar surface area (TPSA) is 52.5 Å². The first-order chi connectivity index (χ1) is 6.15. The molecule has 3 N–H and O–H groups in total. The van der Waals surface area contributed by atoms with E-state index in [-0.39, 0.29) is 17.4 Å². The lowest BCUT2D eigenvalue weighted by Crippen LogP contribution is -2.05. The number of anilines is 1. The van der Waals surface area contributed by atoms with Gasteiger partial charge >= 0.3 is 0 Å². The third kappa shape index (κ3) is 2.66. The van der Waals surface area contributed by atoms with Crippen molar-refractivity contribution >= 4 is 28.9 Å². The van der Waals surface area contributed by atoms with Gasteiger partial charge in [-0.3, -0.25) is 0 Å². The molecule has 0 aliphatic rings. The van der Waals surface area contributed by atoms with Crippen LogP contribution in [0.4, 0.5) is 5.69 Å². The van der Waals surface area contributed by atoms with E-state index in [1.54, 1.807) is 0 Å². The Morgan fingerprint density at radius 1 is 1.23 bits per heavy atom. The van der Waals surface area contributed by atoms with Crippen LogP contribution in [-0.4, -0.2) is 23.4 Å². The highest BCUT2D eigenvalue weighted by atomic mass is 35.5. The van der Waals surface area contributed by atoms with Crippen molar-refractivity contribution in [2.24, 2.45) is 0 Å². The molecule has 0 aliphatic carbocycles. The normalized spacial score (nSPS) is 10.1. The Balaban J connectivity index is 2.88. The molecule has 1 aromatic carbocycles. The maximum Gasteiger partial charge on any atom is 0.136 e. The molecule has 0 spiro atoms. The number of aliphatic hydroxyl groups excluding tert-OH is 1. The molecule has 0 saturated heterocycles. The van der Waals surface area contributed by atoms with Crippen molar-refractivity contribution in [3.8, 4) is 5.75 Å². The zero-order chi connectivity index (χ0) is 9.84. The van der Waals surface area contributed by atoms with Crippen molar-refractivity contribution in [1.29, 1.82) is 0 Å². The predicted molar refractivity (Wildman–Crippen MR) is 53.7 cm³/mol. The second-order valence-corrected chi connectivity index (χ2v) is 3.25.